The molecule has 2 aromatic rings. The molecule has 2 rings (SSSR count). The third kappa shape index (κ3) is 3.04. The number of hydrogen-bond acceptors (Lipinski definition) is 2. The standard InChI is InChI=1S/C16H18O2/c1-11-4-5-13(3)14(6-11)10-18-16-8-12(2)7-15(17)9-16/h4-9,17H,10H2,1-3H3. The van der Waals surface area contributed by atoms with Crippen LogP contribution in [0, 0.1) is 20.8 Å². The van der Waals surface area contributed by atoms with Gasteiger partial charge in [-0.3, -0.25) is 0 Å². The lowest BCUT2D eigenvalue weighted by Crippen LogP contribution is -1.98. The average molecular weight is 242 g/mol. The van der Waals surface area contributed by atoms with Crippen molar-refractivity contribution in [2.75, 3.05) is 0 Å². The highest BCUT2D eigenvalue weighted by Gasteiger charge is 2.02. The van der Waals surface area contributed by atoms with Crippen molar-refractivity contribution in [3.05, 3.63) is 58.7 Å². The van der Waals surface area contributed by atoms with Gasteiger partial charge in [0.05, 0.1) is 0 Å². The number of phenolic OH excluding ortho intramolecular Hbond substituents is 1. The van der Waals surface area contributed by atoms with Crippen LogP contribution in [-0.2, 0) is 6.61 Å². The van der Waals surface area contributed by atoms with Crippen LogP contribution in [0.5, 0.6) is 11.5 Å². The predicted octanol–water partition coefficient (Wildman–Crippen LogP) is 3.90. The first-order valence-corrected chi connectivity index (χ1v) is 6.04. The number of hydrogen-bond donors (Lipinski definition) is 1. The molecule has 0 aliphatic rings. The average Bonchev–Trinajstić information content (AvgIpc) is 2.29. The summed E-state index contributed by atoms with van der Waals surface area (Å²) in [4.78, 5) is 0. The van der Waals surface area contributed by atoms with Gasteiger partial charge in [0.15, 0.2) is 0 Å². The normalized spacial score (nSPS) is 10.4. The molecule has 0 aromatic heterocycles. The summed E-state index contributed by atoms with van der Waals surface area (Å²) in [6.07, 6.45) is 0. The van der Waals surface area contributed by atoms with Gasteiger partial charge >= 0.3 is 0 Å². The van der Waals surface area contributed by atoms with E-state index in [9.17, 15) is 5.11 Å². The summed E-state index contributed by atoms with van der Waals surface area (Å²) in [5.74, 6) is 0.944. The maximum absolute atomic E-state index is 9.51. The highest BCUT2D eigenvalue weighted by atomic mass is 16.5. The Labute approximate surface area is 108 Å². The number of ether oxygens (including phenoxy) is 1. The lowest BCUT2D eigenvalue weighted by atomic mass is 10.1. The Morgan fingerprint density at radius 1 is 0.944 bits per heavy atom. The molecule has 18 heavy (non-hydrogen) atoms. The largest absolute Gasteiger partial charge is 0.508 e. The van der Waals surface area contributed by atoms with Crippen LogP contribution in [0.25, 0.3) is 0 Å². The van der Waals surface area contributed by atoms with Crippen molar-refractivity contribution < 1.29 is 9.84 Å². The van der Waals surface area contributed by atoms with E-state index >= 15 is 0 Å². The summed E-state index contributed by atoms with van der Waals surface area (Å²) in [7, 11) is 0. The molecule has 0 saturated carbocycles. The molecule has 94 valence electrons. The fourth-order valence-corrected chi connectivity index (χ4v) is 1.93. The van der Waals surface area contributed by atoms with Gasteiger partial charge in [0.2, 0.25) is 0 Å². The van der Waals surface area contributed by atoms with Gasteiger partial charge < -0.3 is 9.84 Å². The van der Waals surface area contributed by atoms with Gasteiger partial charge in [-0.05, 0) is 49.6 Å². The zero-order valence-electron chi connectivity index (χ0n) is 11.0. The minimum atomic E-state index is 0.242. The van der Waals surface area contributed by atoms with E-state index in [0.29, 0.717) is 12.4 Å². The molecular weight excluding hydrogens is 224 g/mol. The maximum atomic E-state index is 9.51. The highest BCUT2D eigenvalue weighted by Crippen LogP contribution is 2.22. The number of aromatic hydroxyl groups is 1. The maximum Gasteiger partial charge on any atom is 0.123 e. The minimum Gasteiger partial charge on any atom is -0.508 e. The van der Waals surface area contributed by atoms with E-state index in [1.165, 1.54) is 16.7 Å². The molecule has 2 aromatic carbocycles. The molecule has 2 heteroatoms. The van der Waals surface area contributed by atoms with Gasteiger partial charge in [0.1, 0.15) is 18.1 Å². The second-order valence-electron chi connectivity index (χ2n) is 4.72. The summed E-state index contributed by atoms with van der Waals surface area (Å²) in [5.41, 5.74) is 4.62. The van der Waals surface area contributed by atoms with Crippen molar-refractivity contribution in [3.63, 3.8) is 0 Å². The Kier molecular flexibility index (Phi) is 3.56. The van der Waals surface area contributed by atoms with Crippen LogP contribution in [0.1, 0.15) is 22.3 Å². The number of rotatable bonds is 3. The second kappa shape index (κ2) is 5.13. The second-order valence-corrected chi connectivity index (χ2v) is 4.72. The van der Waals surface area contributed by atoms with Gasteiger partial charge in [0.25, 0.3) is 0 Å². The van der Waals surface area contributed by atoms with Crippen molar-refractivity contribution in [2.24, 2.45) is 0 Å². The van der Waals surface area contributed by atoms with E-state index in [1.54, 1.807) is 12.1 Å². The lowest BCUT2D eigenvalue weighted by Gasteiger charge is -2.10. The van der Waals surface area contributed by atoms with Crippen molar-refractivity contribution in [1.29, 1.82) is 0 Å². The van der Waals surface area contributed by atoms with Crippen LogP contribution in [0.15, 0.2) is 36.4 Å². The first kappa shape index (κ1) is 12.5. The zero-order chi connectivity index (χ0) is 13.1. The molecule has 0 atom stereocenters. The van der Waals surface area contributed by atoms with Crippen molar-refractivity contribution >= 4 is 0 Å². The monoisotopic (exact) mass is 242 g/mol. The molecule has 0 heterocycles. The predicted molar refractivity (Wildman–Crippen MR) is 73.1 cm³/mol. The van der Waals surface area contributed by atoms with E-state index in [4.69, 9.17) is 4.74 Å². The first-order valence-electron chi connectivity index (χ1n) is 6.04. The Hall–Kier alpha value is -1.96. The van der Waals surface area contributed by atoms with Crippen LogP contribution in [0.3, 0.4) is 0 Å². The minimum absolute atomic E-state index is 0.242. The van der Waals surface area contributed by atoms with Gasteiger partial charge in [-0.2, -0.15) is 0 Å². The fraction of sp³-hybridized carbons (Fsp3) is 0.250. The topological polar surface area (TPSA) is 29.5 Å². The zero-order valence-corrected chi connectivity index (χ0v) is 11.0. The van der Waals surface area contributed by atoms with Crippen LogP contribution >= 0.6 is 0 Å². The third-order valence-electron chi connectivity index (χ3n) is 2.93. The van der Waals surface area contributed by atoms with Crippen LogP contribution in [0.4, 0.5) is 0 Å². The molecular formula is C16H18O2. The summed E-state index contributed by atoms with van der Waals surface area (Å²) in [6, 6.07) is 11.6. The van der Waals surface area contributed by atoms with Gasteiger partial charge in [-0.25, -0.2) is 0 Å². The smallest absolute Gasteiger partial charge is 0.123 e. The quantitative estimate of drug-likeness (QED) is 0.884. The first-order chi connectivity index (χ1) is 8.54. The van der Waals surface area contributed by atoms with E-state index in [1.807, 2.05) is 13.0 Å². The van der Waals surface area contributed by atoms with Gasteiger partial charge in [-0.15, -0.1) is 0 Å². The summed E-state index contributed by atoms with van der Waals surface area (Å²) >= 11 is 0. The summed E-state index contributed by atoms with van der Waals surface area (Å²) in [6.45, 7) is 6.61. The van der Waals surface area contributed by atoms with Crippen LogP contribution in [-0.4, -0.2) is 5.11 Å². The molecule has 0 amide bonds. The van der Waals surface area contributed by atoms with Gasteiger partial charge in [-0.1, -0.05) is 23.8 Å². The Bertz CT molecular complexity index is 539. The molecule has 1 N–H and O–H groups in total. The molecule has 2 nitrogen and oxygen atoms in total. The van der Waals surface area contributed by atoms with Gasteiger partial charge in [0, 0.05) is 6.07 Å². The Balaban J connectivity index is 2.13. The van der Waals surface area contributed by atoms with Crippen LogP contribution in [0.2, 0.25) is 0 Å². The van der Waals surface area contributed by atoms with Crippen LogP contribution < -0.4 is 4.74 Å². The van der Waals surface area contributed by atoms with E-state index in [0.717, 1.165) is 5.56 Å². The Morgan fingerprint density at radius 3 is 2.44 bits per heavy atom. The molecule has 0 unspecified atom stereocenters. The molecule has 0 saturated heterocycles. The molecule has 0 radical (unpaired) electrons. The number of phenols is 1. The number of benzene rings is 2. The van der Waals surface area contributed by atoms with Crippen molar-refractivity contribution in [2.45, 2.75) is 27.4 Å². The number of aryl methyl sites for hydroxylation is 3. The molecule has 0 bridgehead atoms. The Morgan fingerprint density at radius 2 is 1.72 bits per heavy atom. The SMILES string of the molecule is Cc1cc(O)cc(OCc2cc(C)ccc2C)c1. The third-order valence-corrected chi connectivity index (χ3v) is 2.93. The lowest BCUT2D eigenvalue weighted by molar-refractivity contribution is 0.303. The van der Waals surface area contributed by atoms with E-state index < -0.39 is 0 Å². The van der Waals surface area contributed by atoms with Crippen molar-refractivity contribution in [1.82, 2.24) is 0 Å². The summed E-state index contributed by atoms with van der Waals surface area (Å²) < 4.78 is 5.73. The molecule has 0 fully saturated rings. The van der Waals surface area contributed by atoms with E-state index in [2.05, 4.69) is 32.0 Å². The highest BCUT2D eigenvalue weighted by molar-refractivity contribution is 5.37. The van der Waals surface area contributed by atoms with Crippen molar-refractivity contribution in [3.8, 4) is 11.5 Å². The molecule has 0 aliphatic heterocycles. The van der Waals surface area contributed by atoms with E-state index in [-0.39, 0.29) is 5.75 Å². The summed E-state index contributed by atoms with van der Waals surface area (Å²) in [5, 5.41) is 9.51. The molecule has 0 spiro atoms. The molecule has 0 aliphatic carbocycles. The fourth-order valence-electron chi connectivity index (χ4n) is 1.93.